The molecule has 0 amide bonds. The number of aromatic nitrogens is 1. The van der Waals surface area contributed by atoms with E-state index in [2.05, 4.69) is 30.0 Å². The minimum Gasteiger partial charge on any atom is -0.497 e. The molecule has 0 fully saturated rings. The van der Waals surface area contributed by atoms with E-state index in [9.17, 15) is 8.42 Å². The summed E-state index contributed by atoms with van der Waals surface area (Å²) in [5.74, 6) is 0.597. The molecular weight excluding hydrogens is 368 g/mol. The molecule has 26 heavy (non-hydrogen) atoms. The van der Waals surface area contributed by atoms with Crippen molar-refractivity contribution in [3.63, 3.8) is 0 Å². The predicted octanol–water partition coefficient (Wildman–Crippen LogP) is 3.75. The van der Waals surface area contributed by atoms with Gasteiger partial charge in [-0.15, -0.1) is 11.0 Å². The van der Waals surface area contributed by atoms with Crippen LogP contribution < -0.4 is 9.54 Å². The van der Waals surface area contributed by atoms with Crippen LogP contribution in [0, 0.1) is 0 Å². The summed E-state index contributed by atoms with van der Waals surface area (Å²) >= 11 is 1.37. The van der Waals surface area contributed by atoms with E-state index in [1.54, 1.807) is 18.2 Å². The largest absolute Gasteiger partial charge is 0.497 e. The number of allylic oxidation sites excluding steroid dienone is 1. The predicted molar refractivity (Wildman–Crippen MR) is 105 cm³/mol. The second kappa shape index (κ2) is 7.47. The number of hydrogen-bond acceptors (Lipinski definition) is 4. The fraction of sp³-hybridized carbons (Fsp3) is 0.211. The van der Waals surface area contributed by atoms with Gasteiger partial charge in [0.2, 0.25) is 4.80 Å². The third-order valence-electron chi connectivity index (χ3n) is 4.02. The molecule has 1 aromatic heterocycles. The lowest BCUT2D eigenvalue weighted by Gasteiger charge is -2.03. The van der Waals surface area contributed by atoms with Crippen molar-refractivity contribution in [3.8, 4) is 5.75 Å². The first kappa shape index (κ1) is 18.4. The Morgan fingerprint density at radius 1 is 1.23 bits per heavy atom. The van der Waals surface area contributed by atoms with Crippen LogP contribution in [0.1, 0.15) is 12.5 Å². The highest BCUT2D eigenvalue weighted by Crippen LogP contribution is 2.21. The van der Waals surface area contributed by atoms with Crippen LogP contribution in [0.2, 0.25) is 0 Å². The van der Waals surface area contributed by atoms with E-state index in [1.165, 1.54) is 36.1 Å². The van der Waals surface area contributed by atoms with Crippen LogP contribution in [0.3, 0.4) is 0 Å². The van der Waals surface area contributed by atoms with Crippen molar-refractivity contribution >= 4 is 31.6 Å². The Labute approximate surface area is 157 Å². The van der Waals surface area contributed by atoms with Crippen LogP contribution in [-0.4, -0.2) is 20.1 Å². The van der Waals surface area contributed by atoms with Crippen molar-refractivity contribution in [2.75, 3.05) is 7.11 Å². The summed E-state index contributed by atoms with van der Waals surface area (Å²) in [5, 5.41) is 0. The van der Waals surface area contributed by atoms with E-state index >= 15 is 0 Å². The number of thiazole rings is 1. The Morgan fingerprint density at radius 3 is 2.58 bits per heavy atom. The minimum atomic E-state index is -3.82. The van der Waals surface area contributed by atoms with Gasteiger partial charge in [-0.1, -0.05) is 30.4 Å². The Morgan fingerprint density at radius 2 is 1.96 bits per heavy atom. The second-order valence-electron chi connectivity index (χ2n) is 5.68. The van der Waals surface area contributed by atoms with Crippen LogP contribution in [0.25, 0.3) is 10.2 Å². The molecule has 1 heterocycles. The molecule has 0 saturated heterocycles. The molecule has 0 radical (unpaired) electrons. The quantitative estimate of drug-likeness (QED) is 0.604. The lowest BCUT2D eigenvalue weighted by atomic mass is 10.2. The van der Waals surface area contributed by atoms with Gasteiger partial charge in [0.15, 0.2) is 0 Å². The van der Waals surface area contributed by atoms with Gasteiger partial charge >= 0.3 is 0 Å². The summed E-state index contributed by atoms with van der Waals surface area (Å²) in [6, 6.07) is 12.4. The van der Waals surface area contributed by atoms with Gasteiger partial charge < -0.3 is 9.30 Å². The van der Waals surface area contributed by atoms with E-state index in [0.717, 1.165) is 16.6 Å². The highest BCUT2D eigenvalue weighted by Gasteiger charge is 2.15. The van der Waals surface area contributed by atoms with Gasteiger partial charge in [0.25, 0.3) is 10.0 Å². The molecule has 2 aromatic carbocycles. The van der Waals surface area contributed by atoms with E-state index in [4.69, 9.17) is 4.74 Å². The summed E-state index contributed by atoms with van der Waals surface area (Å²) in [6.45, 7) is 6.35. The number of fused-ring (bicyclic) bond motifs is 1. The molecule has 0 aliphatic rings. The highest BCUT2D eigenvalue weighted by molar-refractivity contribution is 7.90. The minimum absolute atomic E-state index is 0.134. The fourth-order valence-corrected chi connectivity index (χ4v) is 4.92. The van der Waals surface area contributed by atoms with Gasteiger partial charge in [-0.2, -0.15) is 8.42 Å². The number of ether oxygens (including phenoxy) is 1. The van der Waals surface area contributed by atoms with E-state index < -0.39 is 10.0 Å². The van der Waals surface area contributed by atoms with E-state index in [-0.39, 0.29) is 4.90 Å². The van der Waals surface area contributed by atoms with Crippen molar-refractivity contribution in [2.45, 2.75) is 24.8 Å². The van der Waals surface area contributed by atoms with Crippen LogP contribution in [0.4, 0.5) is 0 Å². The van der Waals surface area contributed by atoms with Gasteiger partial charge in [0, 0.05) is 6.54 Å². The first-order valence-electron chi connectivity index (χ1n) is 8.16. The number of benzene rings is 2. The summed E-state index contributed by atoms with van der Waals surface area (Å²) in [7, 11) is -2.28. The molecule has 7 heteroatoms. The van der Waals surface area contributed by atoms with Crippen molar-refractivity contribution in [3.05, 3.63) is 65.5 Å². The first-order chi connectivity index (χ1) is 12.5. The van der Waals surface area contributed by atoms with E-state index in [1.807, 2.05) is 10.6 Å². The average Bonchev–Trinajstić information content (AvgIpc) is 2.97. The summed E-state index contributed by atoms with van der Waals surface area (Å²) in [4.78, 5) is 0.569. The highest BCUT2D eigenvalue weighted by atomic mass is 32.2. The van der Waals surface area contributed by atoms with Crippen molar-refractivity contribution in [1.82, 2.24) is 4.57 Å². The third kappa shape index (κ3) is 3.59. The van der Waals surface area contributed by atoms with Gasteiger partial charge in [-0.3, -0.25) is 0 Å². The third-order valence-corrected chi connectivity index (χ3v) is 6.46. The van der Waals surface area contributed by atoms with E-state index in [0.29, 0.717) is 17.1 Å². The molecule has 0 spiro atoms. The molecule has 5 nitrogen and oxygen atoms in total. The molecule has 3 aromatic rings. The Kier molecular flexibility index (Phi) is 5.29. The Bertz CT molecular complexity index is 1110. The SMILES string of the molecule is C=CCn1/c(=N/S(=O)(=O)c2ccc(OC)cc2)sc2cc(CC)ccc21. The van der Waals surface area contributed by atoms with Crippen LogP contribution in [0.5, 0.6) is 5.75 Å². The molecule has 0 atom stereocenters. The fourth-order valence-electron chi connectivity index (χ4n) is 2.62. The molecule has 0 unspecified atom stereocenters. The number of rotatable bonds is 6. The number of sulfonamides is 1. The molecule has 0 aliphatic heterocycles. The normalized spacial score (nSPS) is 12.5. The summed E-state index contributed by atoms with van der Waals surface area (Å²) < 4.78 is 37.5. The van der Waals surface area contributed by atoms with Gasteiger partial charge in [-0.25, -0.2) is 0 Å². The number of aryl methyl sites for hydroxylation is 1. The van der Waals surface area contributed by atoms with Crippen molar-refractivity contribution in [1.29, 1.82) is 0 Å². The van der Waals surface area contributed by atoms with Gasteiger partial charge in [0.05, 0.1) is 22.2 Å². The van der Waals surface area contributed by atoms with Gasteiger partial charge in [-0.05, 0) is 48.4 Å². The number of hydrogen-bond donors (Lipinski definition) is 0. The smallest absolute Gasteiger partial charge is 0.285 e. The van der Waals surface area contributed by atoms with Crippen molar-refractivity contribution < 1.29 is 13.2 Å². The Hall–Kier alpha value is -2.38. The average molecular weight is 389 g/mol. The maximum atomic E-state index is 12.7. The molecule has 0 saturated carbocycles. The van der Waals surface area contributed by atoms with Gasteiger partial charge in [0.1, 0.15) is 5.75 Å². The molecule has 0 bridgehead atoms. The maximum Gasteiger partial charge on any atom is 0.285 e. The number of nitrogens with zero attached hydrogens (tertiary/aromatic N) is 2. The van der Waals surface area contributed by atoms with Crippen LogP contribution >= 0.6 is 11.3 Å². The first-order valence-corrected chi connectivity index (χ1v) is 10.4. The standard InChI is InChI=1S/C19H20N2O3S2/c1-4-12-21-17-11-6-14(5-2)13-18(17)25-19(21)20-26(22,23)16-9-7-15(24-3)8-10-16/h4,6-11,13H,1,5,12H2,2-3H3/b20-19-. The lowest BCUT2D eigenvalue weighted by Crippen LogP contribution is -2.16. The molecule has 3 rings (SSSR count). The molecular formula is C19H20N2O3S2. The zero-order valence-electron chi connectivity index (χ0n) is 14.7. The second-order valence-corrected chi connectivity index (χ2v) is 8.29. The zero-order valence-corrected chi connectivity index (χ0v) is 16.3. The van der Waals surface area contributed by atoms with Crippen LogP contribution in [-0.2, 0) is 23.0 Å². The van der Waals surface area contributed by atoms with Crippen molar-refractivity contribution in [2.24, 2.45) is 4.40 Å². The molecule has 136 valence electrons. The molecule has 0 aliphatic carbocycles. The number of methoxy groups -OCH3 is 1. The van der Waals surface area contributed by atoms with Crippen LogP contribution in [0.15, 0.2) is 64.4 Å². The monoisotopic (exact) mass is 388 g/mol. The Balaban J connectivity index is 2.17. The summed E-state index contributed by atoms with van der Waals surface area (Å²) in [5.41, 5.74) is 2.16. The summed E-state index contributed by atoms with van der Waals surface area (Å²) in [6.07, 6.45) is 2.66. The molecule has 0 N–H and O–H groups in total. The topological polar surface area (TPSA) is 60.7 Å². The zero-order chi connectivity index (χ0) is 18.7. The lowest BCUT2D eigenvalue weighted by molar-refractivity contribution is 0.414. The maximum absolute atomic E-state index is 12.7.